The Balaban J connectivity index is 2.53. The molecule has 21 heavy (non-hydrogen) atoms. The molecule has 1 unspecified atom stereocenters. The second-order valence-corrected chi connectivity index (χ2v) is 5.11. The Hall–Kier alpha value is -2.07. The van der Waals surface area contributed by atoms with Crippen LogP contribution in [-0.2, 0) is 4.79 Å². The number of hydrogen-bond acceptors (Lipinski definition) is 3. The molecule has 0 radical (unpaired) electrons. The first kappa shape index (κ1) is 15.3. The maximum absolute atomic E-state index is 11.3. The fourth-order valence-corrected chi connectivity index (χ4v) is 2.36. The molecule has 0 amide bonds. The maximum atomic E-state index is 11.3. The molecular weight excluding hydrogens is 268 g/mol. The number of ether oxygens (including phenoxy) is 1. The van der Waals surface area contributed by atoms with Crippen LogP contribution >= 0.6 is 0 Å². The highest BCUT2D eigenvalue weighted by atomic mass is 16.5. The Kier molecular flexibility index (Phi) is 4.81. The van der Waals surface area contributed by atoms with Crippen LogP contribution in [0.2, 0.25) is 0 Å². The highest BCUT2D eigenvalue weighted by Gasteiger charge is 2.22. The van der Waals surface area contributed by atoms with Gasteiger partial charge in [-0.1, -0.05) is 49.7 Å². The van der Waals surface area contributed by atoms with Crippen molar-refractivity contribution in [2.45, 2.75) is 38.9 Å². The minimum Gasteiger partial charge on any atom is -0.479 e. The van der Waals surface area contributed by atoms with Crippen LogP contribution < -0.4 is 4.74 Å². The number of aliphatic hydroxyl groups excluding tert-OH is 1. The first-order valence-electron chi connectivity index (χ1n) is 7.13. The average Bonchev–Trinajstić information content (AvgIpc) is 2.46. The van der Waals surface area contributed by atoms with E-state index in [-0.39, 0.29) is 0 Å². The molecule has 0 saturated heterocycles. The second kappa shape index (κ2) is 6.59. The zero-order valence-electron chi connectivity index (χ0n) is 12.2. The topological polar surface area (TPSA) is 66.8 Å². The van der Waals surface area contributed by atoms with E-state index in [4.69, 9.17) is 4.74 Å². The van der Waals surface area contributed by atoms with Gasteiger partial charge in [-0.25, -0.2) is 4.79 Å². The van der Waals surface area contributed by atoms with Crippen molar-refractivity contribution in [1.29, 1.82) is 0 Å². The molecule has 112 valence electrons. The van der Waals surface area contributed by atoms with Crippen LogP contribution in [0.25, 0.3) is 10.8 Å². The molecule has 0 heterocycles. The summed E-state index contributed by atoms with van der Waals surface area (Å²) in [6, 6.07) is 11.3. The number of carboxylic acid groups (broad SMARTS) is 1. The lowest BCUT2D eigenvalue weighted by atomic mass is 10.0. The Labute approximate surface area is 124 Å². The summed E-state index contributed by atoms with van der Waals surface area (Å²) in [5, 5.41) is 21.0. The highest BCUT2D eigenvalue weighted by Crippen LogP contribution is 2.34. The standard InChI is InChI=1S/C17H20O4/c1-3-6-15(17(19)20)21-16-13(11(2)18)10-9-12-7-4-5-8-14(12)16/h4-5,7-11,15,18H,3,6H2,1-2H3,(H,19,20)/t11-,15?/m0/s1. The lowest BCUT2D eigenvalue weighted by Gasteiger charge is -2.20. The Morgan fingerprint density at radius 1 is 1.24 bits per heavy atom. The highest BCUT2D eigenvalue weighted by molar-refractivity contribution is 5.90. The molecule has 0 bridgehead atoms. The number of fused-ring (bicyclic) bond motifs is 1. The molecule has 0 fully saturated rings. The molecule has 4 heteroatoms. The molecule has 4 nitrogen and oxygen atoms in total. The summed E-state index contributed by atoms with van der Waals surface area (Å²) in [7, 11) is 0. The van der Waals surface area contributed by atoms with Crippen molar-refractivity contribution in [2.24, 2.45) is 0 Å². The summed E-state index contributed by atoms with van der Waals surface area (Å²) in [5.74, 6) is -0.523. The number of carboxylic acids is 1. The Morgan fingerprint density at radius 3 is 2.57 bits per heavy atom. The lowest BCUT2D eigenvalue weighted by molar-refractivity contribution is -0.145. The van der Waals surface area contributed by atoms with Gasteiger partial charge in [0.1, 0.15) is 5.75 Å². The number of rotatable bonds is 6. The largest absolute Gasteiger partial charge is 0.479 e. The van der Waals surface area contributed by atoms with Crippen LogP contribution in [0.4, 0.5) is 0 Å². The normalized spacial score (nSPS) is 13.9. The van der Waals surface area contributed by atoms with Crippen molar-refractivity contribution in [3.63, 3.8) is 0 Å². The molecule has 0 saturated carbocycles. The summed E-state index contributed by atoms with van der Waals surface area (Å²) < 4.78 is 5.76. The SMILES string of the molecule is CCCC(Oc1c([C@H](C)O)ccc2ccccc12)C(=O)O. The molecule has 0 spiro atoms. The van der Waals surface area contributed by atoms with E-state index in [1.54, 1.807) is 13.0 Å². The first-order valence-corrected chi connectivity index (χ1v) is 7.13. The number of benzene rings is 2. The van der Waals surface area contributed by atoms with Gasteiger partial charge in [0, 0.05) is 10.9 Å². The van der Waals surface area contributed by atoms with E-state index < -0.39 is 18.2 Å². The minimum atomic E-state index is -0.985. The van der Waals surface area contributed by atoms with Crippen molar-refractivity contribution in [1.82, 2.24) is 0 Å². The molecule has 2 aromatic carbocycles. The summed E-state index contributed by atoms with van der Waals surface area (Å²) in [6.45, 7) is 3.56. The third-order valence-electron chi connectivity index (χ3n) is 3.45. The van der Waals surface area contributed by atoms with E-state index in [0.29, 0.717) is 24.2 Å². The van der Waals surface area contributed by atoms with E-state index in [1.165, 1.54) is 0 Å². The monoisotopic (exact) mass is 288 g/mol. The molecule has 0 aliphatic rings. The quantitative estimate of drug-likeness (QED) is 0.853. The van der Waals surface area contributed by atoms with Crippen LogP contribution in [0, 0.1) is 0 Å². The molecule has 0 aliphatic carbocycles. The summed E-state index contributed by atoms with van der Waals surface area (Å²) >= 11 is 0. The van der Waals surface area contributed by atoms with Crippen molar-refractivity contribution < 1.29 is 19.7 Å². The number of hydrogen-bond donors (Lipinski definition) is 2. The maximum Gasteiger partial charge on any atom is 0.344 e. The zero-order valence-corrected chi connectivity index (χ0v) is 12.2. The van der Waals surface area contributed by atoms with E-state index >= 15 is 0 Å². The molecule has 0 aliphatic heterocycles. The van der Waals surface area contributed by atoms with Gasteiger partial charge in [-0.2, -0.15) is 0 Å². The number of aliphatic carboxylic acids is 1. The Bertz CT molecular complexity index is 634. The van der Waals surface area contributed by atoms with Gasteiger partial charge in [0.15, 0.2) is 6.10 Å². The summed E-state index contributed by atoms with van der Waals surface area (Å²) in [4.78, 5) is 11.3. The van der Waals surface area contributed by atoms with Gasteiger partial charge in [0.25, 0.3) is 0 Å². The molecule has 2 N–H and O–H groups in total. The predicted molar refractivity (Wildman–Crippen MR) is 81.5 cm³/mol. The zero-order chi connectivity index (χ0) is 15.4. The fourth-order valence-electron chi connectivity index (χ4n) is 2.36. The van der Waals surface area contributed by atoms with Gasteiger partial charge in [-0.3, -0.25) is 0 Å². The van der Waals surface area contributed by atoms with Crippen molar-refractivity contribution in [2.75, 3.05) is 0 Å². The smallest absolute Gasteiger partial charge is 0.344 e. The van der Waals surface area contributed by atoms with Gasteiger partial charge in [0.05, 0.1) is 6.10 Å². The summed E-state index contributed by atoms with van der Waals surface area (Å²) in [5.41, 5.74) is 0.607. The molecule has 2 aromatic rings. The van der Waals surface area contributed by atoms with E-state index in [2.05, 4.69) is 0 Å². The van der Waals surface area contributed by atoms with Crippen LogP contribution in [0.5, 0.6) is 5.75 Å². The Morgan fingerprint density at radius 2 is 1.95 bits per heavy atom. The molecule has 2 rings (SSSR count). The van der Waals surface area contributed by atoms with Gasteiger partial charge in [-0.15, -0.1) is 0 Å². The van der Waals surface area contributed by atoms with Crippen LogP contribution in [-0.4, -0.2) is 22.3 Å². The molecule has 2 atom stereocenters. The van der Waals surface area contributed by atoms with Crippen molar-refractivity contribution in [3.05, 3.63) is 42.0 Å². The van der Waals surface area contributed by atoms with Gasteiger partial charge in [-0.05, 0) is 18.7 Å². The average molecular weight is 288 g/mol. The minimum absolute atomic E-state index is 0.428. The van der Waals surface area contributed by atoms with Gasteiger partial charge in [0.2, 0.25) is 0 Å². The van der Waals surface area contributed by atoms with Crippen LogP contribution in [0.15, 0.2) is 36.4 Å². The number of carbonyl (C=O) groups is 1. The fraction of sp³-hybridized carbons (Fsp3) is 0.353. The third kappa shape index (κ3) is 3.34. The first-order chi connectivity index (χ1) is 10.0. The van der Waals surface area contributed by atoms with E-state index in [9.17, 15) is 15.0 Å². The number of aliphatic hydroxyl groups is 1. The molecule has 0 aromatic heterocycles. The predicted octanol–water partition coefficient (Wildman–Crippen LogP) is 3.53. The van der Waals surface area contributed by atoms with Gasteiger partial charge < -0.3 is 14.9 Å². The third-order valence-corrected chi connectivity index (χ3v) is 3.45. The summed E-state index contributed by atoms with van der Waals surface area (Å²) in [6.07, 6.45) is -0.484. The second-order valence-electron chi connectivity index (χ2n) is 5.11. The van der Waals surface area contributed by atoms with Crippen LogP contribution in [0.1, 0.15) is 38.4 Å². The van der Waals surface area contributed by atoms with Crippen LogP contribution in [0.3, 0.4) is 0 Å². The van der Waals surface area contributed by atoms with E-state index in [0.717, 1.165) is 10.8 Å². The van der Waals surface area contributed by atoms with Crippen molar-refractivity contribution >= 4 is 16.7 Å². The van der Waals surface area contributed by atoms with Gasteiger partial charge >= 0.3 is 5.97 Å². The van der Waals surface area contributed by atoms with E-state index in [1.807, 2.05) is 37.3 Å². The van der Waals surface area contributed by atoms with Crippen molar-refractivity contribution in [3.8, 4) is 5.75 Å². The molecular formula is C17H20O4. The lowest BCUT2D eigenvalue weighted by Crippen LogP contribution is -2.27.